The molecule has 4 nitrogen and oxygen atoms in total. The largest absolute Gasteiger partial charge is 0.349 e. The summed E-state index contributed by atoms with van der Waals surface area (Å²) in [5.41, 5.74) is 3.96. The van der Waals surface area contributed by atoms with E-state index in [2.05, 4.69) is 22.8 Å². The van der Waals surface area contributed by atoms with Crippen LogP contribution in [0.15, 0.2) is 72.8 Å². The first-order chi connectivity index (χ1) is 15.5. The summed E-state index contributed by atoms with van der Waals surface area (Å²) >= 11 is 12.3. The van der Waals surface area contributed by atoms with Crippen LogP contribution in [0.5, 0.6) is 0 Å². The van der Waals surface area contributed by atoms with Crippen LogP contribution in [-0.4, -0.2) is 11.8 Å². The summed E-state index contributed by atoms with van der Waals surface area (Å²) in [6.07, 6.45) is 2.18. The first-order valence-corrected chi connectivity index (χ1v) is 11.4. The quantitative estimate of drug-likeness (QED) is 0.449. The lowest BCUT2D eigenvalue weighted by atomic mass is 9.90. The summed E-state index contributed by atoms with van der Waals surface area (Å²) in [5, 5.41) is 6.95. The average Bonchev–Trinajstić information content (AvgIpc) is 2.79. The predicted octanol–water partition coefficient (Wildman–Crippen LogP) is 5.98. The summed E-state index contributed by atoms with van der Waals surface area (Å²) in [7, 11) is 0. The minimum Gasteiger partial charge on any atom is -0.349 e. The highest BCUT2D eigenvalue weighted by atomic mass is 35.5. The smallest absolute Gasteiger partial charge is 0.228 e. The van der Waals surface area contributed by atoms with Crippen LogP contribution >= 0.6 is 23.2 Å². The lowest BCUT2D eigenvalue weighted by molar-refractivity contribution is -0.128. The van der Waals surface area contributed by atoms with Crippen LogP contribution in [0.3, 0.4) is 0 Å². The molecule has 0 aliphatic carbocycles. The van der Waals surface area contributed by atoms with E-state index in [-0.39, 0.29) is 24.3 Å². The molecule has 0 spiro atoms. The molecule has 164 valence electrons. The van der Waals surface area contributed by atoms with Crippen molar-refractivity contribution in [3.05, 3.63) is 99.5 Å². The third-order valence-electron chi connectivity index (χ3n) is 5.79. The van der Waals surface area contributed by atoms with Crippen molar-refractivity contribution in [2.45, 2.75) is 31.7 Å². The number of para-hydroxylation sites is 1. The van der Waals surface area contributed by atoms with Gasteiger partial charge in [0.05, 0.1) is 22.0 Å². The molecule has 1 aliphatic heterocycles. The number of hydrogen-bond acceptors (Lipinski definition) is 2. The van der Waals surface area contributed by atoms with Gasteiger partial charge in [-0.05, 0) is 54.2 Å². The SMILES string of the molecule is O=C(CC1Cc2ccccc2NC1=O)NC(CCc1ccccc1)c1ccc(Cl)c(Cl)c1. The molecule has 0 saturated carbocycles. The predicted molar refractivity (Wildman–Crippen MR) is 129 cm³/mol. The van der Waals surface area contributed by atoms with Gasteiger partial charge in [-0.25, -0.2) is 0 Å². The molecule has 2 N–H and O–H groups in total. The molecule has 0 saturated heterocycles. The molecule has 6 heteroatoms. The highest BCUT2D eigenvalue weighted by Gasteiger charge is 2.28. The van der Waals surface area contributed by atoms with Crippen LogP contribution < -0.4 is 10.6 Å². The van der Waals surface area contributed by atoms with Gasteiger partial charge in [-0.15, -0.1) is 0 Å². The number of amides is 2. The molecule has 3 aromatic rings. The number of benzene rings is 3. The van der Waals surface area contributed by atoms with Gasteiger partial charge in [0, 0.05) is 12.1 Å². The number of rotatable bonds is 7. The minimum absolute atomic E-state index is 0.116. The van der Waals surface area contributed by atoms with Crippen molar-refractivity contribution >= 4 is 40.7 Å². The number of halogens is 2. The van der Waals surface area contributed by atoms with Gasteiger partial charge in [-0.3, -0.25) is 9.59 Å². The maximum Gasteiger partial charge on any atom is 0.228 e. The minimum atomic E-state index is -0.395. The monoisotopic (exact) mass is 466 g/mol. The number of carbonyl (C=O) groups is 2. The van der Waals surface area contributed by atoms with Crippen LogP contribution in [0.4, 0.5) is 5.69 Å². The van der Waals surface area contributed by atoms with Crippen molar-refractivity contribution in [2.75, 3.05) is 5.32 Å². The molecular formula is C26H24Cl2N2O2. The first-order valence-electron chi connectivity index (χ1n) is 10.7. The molecule has 2 amide bonds. The Labute approximate surface area is 197 Å². The van der Waals surface area contributed by atoms with Gasteiger partial charge < -0.3 is 10.6 Å². The summed E-state index contributed by atoms with van der Waals surface area (Å²) in [4.78, 5) is 25.5. The molecule has 1 aliphatic rings. The van der Waals surface area contributed by atoms with E-state index < -0.39 is 5.92 Å². The number of hydrogen-bond donors (Lipinski definition) is 2. The van der Waals surface area contributed by atoms with Crippen LogP contribution in [0, 0.1) is 5.92 Å². The molecule has 0 aromatic heterocycles. The molecule has 2 atom stereocenters. The fourth-order valence-corrected chi connectivity index (χ4v) is 4.37. The van der Waals surface area contributed by atoms with E-state index in [1.165, 1.54) is 5.56 Å². The van der Waals surface area contributed by atoms with Crippen molar-refractivity contribution in [3.63, 3.8) is 0 Å². The van der Waals surface area contributed by atoms with E-state index in [0.717, 1.165) is 23.2 Å². The van der Waals surface area contributed by atoms with Crippen LogP contribution in [-0.2, 0) is 22.4 Å². The topological polar surface area (TPSA) is 58.2 Å². The highest BCUT2D eigenvalue weighted by molar-refractivity contribution is 6.42. The summed E-state index contributed by atoms with van der Waals surface area (Å²) in [6, 6.07) is 23.0. The van der Waals surface area contributed by atoms with Gasteiger partial charge in [0.2, 0.25) is 11.8 Å². The molecular weight excluding hydrogens is 443 g/mol. The van der Waals surface area contributed by atoms with Gasteiger partial charge in [0.15, 0.2) is 0 Å². The van der Waals surface area contributed by atoms with E-state index in [4.69, 9.17) is 23.2 Å². The Bertz CT molecular complexity index is 1120. The molecule has 2 unspecified atom stereocenters. The maximum absolute atomic E-state index is 13.0. The fourth-order valence-electron chi connectivity index (χ4n) is 4.06. The Morgan fingerprint density at radius 3 is 2.53 bits per heavy atom. The molecule has 32 heavy (non-hydrogen) atoms. The molecule has 0 radical (unpaired) electrons. The Hall–Kier alpha value is -2.82. The number of anilines is 1. The maximum atomic E-state index is 13.0. The van der Waals surface area contributed by atoms with Crippen molar-refractivity contribution < 1.29 is 9.59 Å². The Kier molecular flexibility index (Phi) is 7.13. The fraction of sp³-hybridized carbons (Fsp3) is 0.231. The van der Waals surface area contributed by atoms with Gasteiger partial charge in [-0.1, -0.05) is 77.8 Å². The molecule has 4 rings (SSSR count). The van der Waals surface area contributed by atoms with E-state index in [1.807, 2.05) is 48.5 Å². The Morgan fingerprint density at radius 2 is 1.75 bits per heavy atom. The van der Waals surface area contributed by atoms with Crippen molar-refractivity contribution in [1.29, 1.82) is 0 Å². The Balaban J connectivity index is 1.46. The van der Waals surface area contributed by atoms with Crippen molar-refractivity contribution in [2.24, 2.45) is 5.92 Å². The lowest BCUT2D eigenvalue weighted by Crippen LogP contribution is -2.36. The van der Waals surface area contributed by atoms with Gasteiger partial charge in [-0.2, -0.15) is 0 Å². The average molecular weight is 467 g/mol. The van der Waals surface area contributed by atoms with Crippen LogP contribution in [0.1, 0.15) is 35.6 Å². The number of carbonyl (C=O) groups excluding carboxylic acids is 2. The summed E-state index contributed by atoms with van der Waals surface area (Å²) in [6.45, 7) is 0. The van der Waals surface area contributed by atoms with E-state index >= 15 is 0 Å². The van der Waals surface area contributed by atoms with Crippen LogP contribution in [0.25, 0.3) is 0 Å². The molecule has 1 heterocycles. The lowest BCUT2D eigenvalue weighted by Gasteiger charge is -2.25. The third-order valence-corrected chi connectivity index (χ3v) is 6.53. The van der Waals surface area contributed by atoms with Gasteiger partial charge >= 0.3 is 0 Å². The second-order valence-corrected chi connectivity index (χ2v) is 8.88. The molecule has 3 aromatic carbocycles. The Morgan fingerprint density at radius 1 is 1.00 bits per heavy atom. The van der Waals surface area contributed by atoms with E-state index in [9.17, 15) is 9.59 Å². The molecule has 0 fully saturated rings. The standard InChI is InChI=1S/C26H24Cl2N2O2/c27-21-12-11-19(15-22(21)28)24(13-10-17-6-2-1-3-7-17)29-25(31)16-20-14-18-8-4-5-9-23(18)30-26(20)32/h1-9,11-12,15,20,24H,10,13-14,16H2,(H,29,31)(H,30,32). The van der Waals surface area contributed by atoms with E-state index in [1.54, 1.807) is 12.1 Å². The van der Waals surface area contributed by atoms with Crippen molar-refractivity contribution in [1.82, 2.24) is 5.32 Å². The van der Waals surface area contributed by atoms with Crippen LogP contribution in [0.2, 0.25) is 10.0 Å². The van der Waals surface area contributed by atoms with Gasteiger partial charge in [0.1, 0.15) is 0 Å². The second-order valence-electron chi connectivity index (χ2n) is 8.07. The number of aryl methyl sites for hydroxylation is 1. The number of fused-ring (bicyclic) bond motifs is 1. The zero-order chi connectivity index (χ0) is 22.5. The summed E-state index contributed by atoms with van der Waals surface area (Å²) < 4.78 is 0. The van der Waals surface area contributed by atoms with Crippen molar-refractivity contribution in [3.8, 4) is 0 Å². The zero-order valence-electron chi connectivity index (χ0n) is 17.5. The van der Waals surface area contributed by atoms with Gasteiger partial charge in [0.25, 0.3) is 0 Å². The third kappa shape index (κ3) is 5.50. The normalized spacial score (nSPS) is 16.1. The summed E-state index contributed by atoms with van der Waals surface area (Å²) in [5.74, 6) is -0.670. The second kappa shape index (κ2) is 10.2. The molecule has 0 bridgehead atoms. The first kappa shape index (κ1) is 22.4. The zero-order valence-corrected chi connectivity index (χ0v) is 19.0. The highest BCUT2D eigenvalue weighted by Crippen LogP contribution is 2.29. The number of nitrogens with one attached hydrogen (secondary N) is 2. The van der Waals surface area contributed by atoms with E-state index in [0.29, 0.717) is 22.9 Å².